The van der Waals surface area contributed by atoms with Gasteiger partial charge in [-0.2, -0.15) is 5.10 Å². The number of para-hydroxylation sites is 1. The molecule has 0 fully saturated rings. The highest BCUT2D eigenvalue weighted by atomic mass is 79.9. The normalized spacial score (nSPS) is 11.1. The Labute approximate surface area is 240 Å². The predicted molar refractivity (Wildman–Crippen MR) is 160 cm³/mol. The average Bonchev–Trinajstić information content (AvgIpc) is 3.39. The van der Waals surface area contributed by atoms with Crippen LogP contribution in [0.15, 0.2) is 101 Å². The Hall–Kier alpha value is -4.69. The highest BCUT2D eigenvalue weighted by molar-refractivity contribution is 9.10. The van der Waals surface area contributed by atoms with Gasteiger partial charge in [-0.05, 0) is 53.9 Å². The van der Waals surface area contributed by atoms with Crippen molar-refractivity contribution in [2.45, 2.75) is 13.3 Å². The van der Waals surface area contributed by atoms with E-state index < -0.39 is 11.9 Å². The standard InChI is InChI=1S/C32H26BrN3O4/c1-3-20-11-8-14-26-28(21-9-5-4-6-10-21)30(35-29(20)26)31(37)36-34-19-23-17-24(33)15-16-27(23)40-32(38)22-12-7-13-25(18-22)39-2/h4-19,35H,3H2,1-2H3,(H,36,37). The number of aromatic amines is 1. The van der Waals surface area contributed by atoms with Gasteiger partial charge in [-0.3, -0.25) is 4.79 Å². The van der Waals surface area contributed by atoms with Gasteiger partial charge in [-0.15, -0.1) is 0 Å². The molecule has 0 atom stereocenters. The van der Waals surface area contributed by atoms with Crippen molar-refractivity contribution in [2.75, 3.05) is 7.11 Å². The van der Waals surface area contributed by atoms with Gasteiger partial charge in [0.05, 0.1) is 18.9 Å². The molecule has 5 rings (SSSR count). The number of hydrogen-bond donors (Lipinski definition) is 2. The molecule has 5 aromatic rings. The number of fused-ring (bicyclic) bond motifs is 1. The molecule has 0 bridgehead atoms. The first-order chi connectivity index (χ1) is 19.5. The van der Waals surface area contributed by atoms with Crippen molar-refractivity contribution in [2.24, 2.45) is 5.10 Å². The molecule has 0 aliphatic heterocycles. The lowest BCUT2D eigenvalue weighted by Crippen LogP contribution is -2.19. The first-order valence-corrected chi connectivity index (χ1v) is 13.5. The van der Waals surface area contributed by atoms with Crippen LogP contribution in [0, 0.1) is 0 Å². The molecule has 0 spiro atoms. The lowest BCUT2D eigenvalue weighted by Gasteiger charge is -2.09. The summed E-state index contributed by atoms with van der Waals surface area (Å²) in [6.07, 6.45) is 2.27. The molecule has 0 aliphatic rings. The van der Waals surface area contributed by atoms with Crippen molar-refractivity contribution in [3.05, 3.63) is 118 Å². The van der Waals surface area contributed by atoms with Gasteiger partial charge in [-0.1, -0.05) is 77.5 Å². The summed E-state index contributed by atoms with van der Waals surface area (Å²) in [6.45, 7) is 2.08. The molecule has 0 unspecified atom stereocenters. The third-order valence-electron chi connectivity index (χ3n) is 6.44. The molecule has 0 saturated carbocycles. The summed E-state index contributed by atoms with van der Waals surface area (Å²) in [5.74, 6) is -0.0969. The summed E-state index contributed by atoms with van der Waals surface area (Å²) < 4.78 is 11.6. The molecule has 7 nitrogen and oxygen atoms in total. The highest BCUT2D eigenvalue weighted by Gasteiger charge is 2.20. The third-order valence-corrected chi connectivity index (χ3v) is 6.93. The van der Waals surface area contributed by atoms with E-state index >= 15 is 0 Å². The second kappa shape index (κ2) is 12.0. The van der Waals surface area contributed by atoms with E-state index in [0.717, 1.165) is 38.5 Å². The summed E-state index contributed by atoms with van der Waals surface area (Å²) in [7, 11) is 1.53. The van der Waals surface area contributed by atoms with Crippen LogP contribution in [0.25, 0.3) is 22.0 Å². The summed E-state index contributed by atoms with van der Waals surface area (Å²) >= 11 is 3.44. The minimum Gasteiger partial charge on any atom is -0.497 e. The van der Waals surface area contributed by atoms with Crippen LogP contribution in [0.4, 0.5) is 0 Å². The number of hydrazone groups is 1. The van der Waals surface area contributed by atoms with Gasteiger partial charge in [0.2, 0.25) is 0 Å². The Morgan fingerprint density at radius 3 is 2.55 bits per heavy atom. The molecular weight excluding hydrogens is 570 g/mol. The van der Waals surface area contributed by atoms with E-state index in [1.165, 1.54) is 13.3 Å². The lowest BCUT2D eigenvalue weighted by atomic mass is 10.00. The average molecular weight is 596 g/mol. The van der Waals surface area contributed by atoms with Gasteiger partial charge in [0, 0.05) is 26.5 Å². The van der Waals surface area contributed by atoms with Crippen LogP contribution in [0.3, 0.4) is 0 Å². The number of hydrogen-bond acceptors (Lipinski definition) is 5. The number of esters is 1. The van der Waals surface area contributed by atoms with Crippen LogP contribution in [0.5, 0.6) is 11.5 Å². The zero-order chi connectivity index (χ0) is 28.1. The van der Waals surface area contributed by atoms with Gasteiger partial charge < -0.3 is 14.5 Å². The number of carbonyl (C=O) groups excluding carboxylic acids is 2. The first kappa shape index (κ1) is 26.9. The molecule has 1 aromatic heterocycles. The van der Waals surface area contributed by atoms with E-state index in [1.807, 2.05) is 42.5 Å². The SMILES string of the molecule is CCc1cccc2c(-c3ccccc3)c(C(=O)NN=Cc3cc(Br)ccc3OC(=O)c3cccc(OC)c3)[nH]c12. The van der Waals surface area contributed by atoms with E-state index in [-0.39, 0.29) is 5.75 Å². The van der Waals surface area contributed by atoms with Crippen molar-refractivity contribution < 1.29 is 19.1 Å². The van der Waals surface area contributed by atoms with E-state index in [4.69, 9.17) is 9.47 Å². The molecule has 0 radical (unpaired) electrons. The van der Waals surface area contributed by atoms with Crippen LogP contribution in [-0.4, -0.2) is 30.2 Å². The number of ether oxygens (including phenoxy) is 2. The first-order valence-electron chi connectivity index (χ1n) is 12.7. The molecule has 0 aliphatic carbocycles. The van der Waals surface area contributed by atoms with E-state index in [0.29, 0.717) is 22.6 Å². The quantitative estimate of drug-likeness (QED) is 0.0861. The molecule has 1 heterocycles. The molecular formula is C32H26BrN3O4. The van der Waals surface area contributed by atoms with Crippen LogP contribution in [0.2, 0.25) is 0 Å². The van der Waals surface area contributed by atoms with Gasteiger partial charge >= 0.3 is 5.97 Å². The van der Waals surface area contributed by atoms with Crippen molar-refractivity contribution in [3.63, 3.8) is 0 Å². The van der Waals surface area contributed by atoms with Crippen molar-refractivity contribution in [1.29, 1.82) is 0 Å². The largest absolute Gasteiger partial charge is 0.497 e. The second-order valence-corrected chi connectivity index (χ2v) is 9.85. The zero-order valence-electron chi connectivity index (χ0n) is 21.9. The fourth-order valence-electron chi connectivity index (χ4n) is 4.49. The van der Waals surface area contributed by atoms with E-state index in [2.05, 4.69) is 44.4 Å². The number of rotatable bonds is 8. The van der Waals surface area contributed by atoms with Crippen LogP contribution < -0.4 is 14.9 Å². The number of amides is 1. The van der Waals surface area contributed by atoms with E-state index in [9.17, 15) is 9.59 Å². The number of benzene rings is 4. The Kier molecular flexibility index (Phi) is 8.07. The number of aryl methyl sites for hydroxylation is 1. The topological polar surface area (TPSA) is 92.8 Å². The smallest absolute Gasteiger partial charge is 0.343 e. The molecule has 40 heavy (non-hydrogen) atoms. The number of nitrogens with one attached hydrogen (secondary N) is 2. The molecule has 0 saturated heterocycles. The van der Waals surface area contributed by atoms with E-state index in [1.54, 1.807) is 42.5 Å². The Bertz CT molecular complexity index is 1730. The van der Waals surface area contributed by atoms with Gasteiger partial charge in [0.1, 0.15) is 17.2 Å². The van der Waals surface area contributed by atoms with Crippen LogP contribution >= 0.6 is 15.9 Å². The Morgan fingerprint density at radius 2 is 1.77 bits per heavy atom. The monoisotopic (exact) mass is 595 g/mol. The summed E-state index contributed by atoms with van der Waals surface area (Å²) in [4.78, 5) is 29.5. The fourth-order valence-corrected chi connectivity index (χ4v) is 4.86. The third kappa shape index (κ3) is 5.67. The summed E-state index contributed by atoms with van der Waals surface area (Å²) in [5.41, 5.74) is 7.67. The fraction of sp³-hybridized carbons (Fsp3) is 0.0938. The predicted octanol–water partition coefficient (Wildman–Crippen LogP) is 7.15. The number of aromatic nitrogens is 1. The second-order valence-electron chi connectivity index (χ2n) is 8.94. The van der Waals surface area contributed by atoms with Crippen molar-refractivity contribution >= 4 is 44.9 Å². The molecule has 200 valence electrons. The van der Waals surface area contributed by atoms with Crippen LogP contribution in [0.1, 0.15) is 38.9 Å². The minimum atomic E-state index is -0.544. The van der Waals surface area contributed by atoms with Crippen LogP contribution in [-0.2, 0) is 6.42 Å². The highest BCUT2D eigenvalue weighted by Crippen LogP contribution is 2.34. The van der Waals surface area contributed by atoms with Gasteiger partial charge in [0.25, 0.3) is 5.91 Å². The number of H-pyrrole nitrogens is 1. The maximum absolute atomic E-state index is 13.4. The number of carbonyl (C=O) groups is 2. The summed E-state index contributed by atoms with van der Waals surface area (Å²) in [6, 6.07) is 27.7. The molecule has 1 amide bonds. The number of nitrogens with zero attached hydrogens (tertiary/aromatic N) is 1. The van der Waals surface area contributed by atoms with Crippen molar-refractivity contribution in [1.82, 2.24) is 10.4 Å². The maximum atomic E-state index is 13.4. The van der Waals surface area contributed by atoms with Gasteiger partial charge in [0.15, 0.2) is 0 Å². The molecule has 2 N–H and O–H groups in total. The summed E-state index contributed by atoms with van der Waals surface area (Å²) in [5, 5.41) is 5.17. The number of halogens is 1. The zero-order valence-corrected chi connectivity index (χ0v) is 23.5. The van der Waals surface area contributed by atoms with Gasteiger partial charge in [-0.25, -0.2) is 10.2 Å². The Balaban J connectivity index is 1.42. The Morgan fingerprint density at radius 1 is 0.975 bits per heavy atom. The maximum Gasteiger partial charge on any atom is 0.343 e. The molecule has 8 heteroatoms. The number of methoxy groups -OCH3 is 1. The minimum absolute atomic E-state index is 0.289. The van der Waals surface area contributed by atoms with Crippen molar-refractivity contribution in [3.8, 4) is 22.6 Å². The molecule has 4 aromatic carbocycles. The lowest BCUT2D eigenvalue weighted by molar-refractivity contribution is 0.0733.